The first-order valence-electron chi connectivity index (χ1n) is 9.56. The lowest BCUT2D eigenvalue weighted by Crippen LogP contribution is -2.40. The molecular formula is C20H21FN4O5S. The van der Waals surface area contributed by atoms with Crippen LogP contribution in [0.2, 0.25) is 0 Å². The molecule has 1 amide bonds. The number of hydrogen-bond acceptors (Lipinski definition) is 6. The van der Waals surface area contributed by atoms with Crippen LogP contribution in [0.15, 0.2) is 39.8 Å². The molecule has 31 heavy (non-hydrogen) atoms. The molecule has 4 rings (SSSR count). The summed E-state index contributed by atoms with van der Waals surface area (Å²) in [6, 6.07) is 5.42. The predicted octanol–water partition coefficient (Wildman–Crippen LogP) is 2.70. The quantitative estimate of drug-likeness (QED) is 0.620. The summed E-state index contributed by atoms with van der Waals surface area (Å²) in [7, 11) is -4.14. The van der Waals surface area contributed by atoms with Crippen LogP contribution in [0.4, 0.5) is 10.1 Å². The molecule has 2 N–H and O–H groups in total. The van der Waals surface area contributed by atoms with Gasteiger partial charge in [-0.3, -0.25) is 14.6 Å². The van der Waals surface area contributed by atoms with Gasteiger partial charge in [0.05, 0.1) is 30.7 Å². The number of aromatic amines is 1. The van der Waals surface area contributed by atoms with Gasteiger partial charge in [-0.2, -0.15) is 5.10 Å². The number of amides is 1. The molecule has 0 radical (unpaired) electrons. The van der Waals surface area contributed by atoms with Crippen molar-refractivity contribution in [1.82, 2.24) is 15.1 Å². The Hall–Kier alpha value is -3.18. The number of halogens is 1. The molecule has 3 aromatic rings. The Kier molecular flexibility index (Phi) is 5.54. The summed E-state index contributed by atoms with van der Waals surface area (Å²) < 4.78 is 53.0. The van der Waals surface area contributed by atoms with E-state index >= 15 is 0 Å². The van der Waals surface area contributed by atoms with E-state index in [4.69, 9.17) is 9.15 Å². The van der Waals surface area contributed by atoms with Crippen molar-refractivity contribution in [3.8, 4) is 11.5 Å². The van der Waals surface area contributed by atoms with E-state index < -0.39 is 15.8 Å². The van der Waals surface area contributed by atoms with E-state index in [1.807, 2.05) is 0 Å². The number of aromatic nitrogens is 2. The average molecular weight is 448 g/mol. The number of anilines is 1. The Morgan fingerprint density at radius 2 is 1.97 bits per heavy atom. The van der Waals surface area contributed by atoms with Crippen LogP contribution in [0.5, 0.6) is 0 Å². The lowest BCUT2D eigenvalue weighted by Gasteiger charge is -2.26. The number of nitrogens with one attached hydrogen (secondary N) is 2. The molecule has 9 nitrogen and oxygen atoms in total. The third-order valence-electron chi connectivity index (χ3n) is 4.94. The number of sulfonamides is 1. The highest BCUT2D eigenvalue weighted by Crippen LogP contribution is 2.31. The maximum Gasteiger partial charge on any atom is 0.265 e. The standard InChI is InChI=1S/C20H21FN4O5S/c1-12-3-4-15(21)16(9-12)24-31(27,28)18-10-17(30-13(18)2)19-14(11-22-23-19)20(26)25-5-7-29-8-6-25/h3-4,9-11,24H,5-8H2,1-2H3,(H,22,23). The second kappa shape index (κ2) is 8.16. The maximum atomic E-state index is 14.0. The van der Waals surface area contributed by atoms with Crippen LogP contribution < -0.4 is 4.72 Å². The van der Waals surface area contributed by atoms with Crippen molar-refractivity contribution < 1.29 is 26.8 Å². The number of rotatable bonds is 5. The van der Waals surface area contributed by atoms with Crippen LogP contribution in [-0.2, 0) is 14.8 Å². The predicted molar refractivity (Wildman–Crippen MR) is 110 cm³/mol. The molecule has 0 unspecified atom stereocenters. The van der Waals surface area contributed by atoms with E-state index in [1.54, 1.807) is 17.9 Å². The Balaban J connectivity index is 1.65. The van der Waals surface area contributed by atoms with Gasteiger partial charge in [0.25, 0.3) is 15.9 Å². The van der Waals surface area contributed by atoms with Crippen molar-refractivity contribution in [3.63, 3.8) is 0 Å². The molecule has 0 aliphatic carbocycles. The summed E-state index contributed by atoms with van der Waals surface area (Å²) >= 11 is 0. The Bertz CT molecular complexity index is 1230. The molecule has 3 heterocycles. The van der Waals surface area contributed by atoms with Gasteiger partial charge in [0, 0.05) is 19.2 Å². The Morgan fingerprint density at radius 3 is 2.71 bits per heavy atom. The van der Waals surface area contributed by atoms with Gasteiger partial charge in [-0.15, -0.1) is 0 Å². The van der Waals surface area contributed by atoms with Crippen LogP contribution in [0, 0.1) is 19.7 Å². The first kappa shape index (κ1) is 21.1. The monoisotopic (exact) mass is 448 g/mol. The first-order valence-corrected chi connectivity index (χ1v) is 11.0. The highest BCUT2D eigenvalue weighted by atomic mass is 32.2. The molecule has 0 spiro atoms. The number of carbonyl (C=O) groups excluding carboxylic acids is 1. The molecule has 1 aliphatic heterocycles. The summed E-state index contributed by atoms with van der Waals surface area (Å²) in [5.41, 5.74) is 1.07. The molecular weight excluding hydrogens is 427 g/mol. The number of carbonyl (C=O) groups is 1. The molecule has 1 aliphatic rings. The molecule has 2 aromatic heterocycles. The van der Waals surface area contributed by atoms with Crippen molar-refractivity contribution in [2.24, 2.45) is 0 Å². The van der Waals surface area contributed by atoms with Crippen molar-refractivity contribution >= 4 is 21.6 Å². The number of morpholine rings is 1. The summed E-state index contributed by atoms with van der Waals surface area (Å²) in [5, 5.41) is 6.63. The van der Waals surface area contributed by atoms with Gasteiger partial charge >= 0.3 is 0 Å². The van der Waals surface area contributed by atoms with Gasteiger partial charge < -0.3 is 14.1 Å². The Labute approximate surface area is 178 Å². The number of furan rings is 1. The largest absolute Gasteiger partial charge is 0.458 e. The minimum absolute atomic E-state index is 0.0925. The fourth-order valence-corrected chi connectivity index (χ4v) is 4.58. The van der Waals surface area contributed by atoms with E-state index in [2.05, 4.69) is 14.9 Å². The first-order chi connectivity index (χ1) is 14.8. The Morgan fingerprint density at radius 1 is 1.23 bits per heavy atom. The van der Waals surface area contributed by atoms with Crippen molar-refractivity contribution in [3.05, 3.63) is 53.2 Å². The van der Waals surface area contributed by atoms with E-state index in [1.165, 1.54) is 31.3 Å². The molecule has 0 bridgehead atoms. The van der Waals surface area contributed by atoms with Crippen LogP contribution >= 0.6 is 0 Å². The number of hydrogen-bond donors (Lipinski definition) is 2. The van der Waals surface area contributed by atoms with Gasteiger partial charge in [-0.1, -0.05) is 6.07 Å². The molecule has 1 aromatic carbocycles. The lowest BCUT2D eigenvalue weighted by molar-refractivity contribution is 0.0303. The zero-order valence-corrected chi connectivity index (χ0v) is 17.8. The minimum atomic E-state index is -4.14. The molecule has 164 valence electrons. The minimum Gasteiger partial charge on any atom is -0.458 e. The van der Waals surface area contributed by atoms with Gasteiger partial charge in [-0.25, -0.2) is 12.8 Å². The number of benzene rings is 1. The van der Waals surface area contributed by atoms with Gasteiger partial charge in [0.1, 0.15) is 22.2 Å². The second-order valence-electron chi connectivity index (χ2n) is 7.18. The number of ether oxygens (including phenoxy) is 1. The second-order valence-corrected chi connectivity index (χ2v) is 8.83. The van der Waals surface area contributed by atoms with Crippen molar-refractivity contribution in [2.75, 3.05) is 31.0 Å². The fraction of sp³-hybridized carbons (Fsp3) is 0.300. The third-order valence-corrected chi connectivity index (χ3v) is 6.42. The molecule has 0 saturated carbocycles. The van der Waals surface area contributed by atoms with Gasteiger partial charge in [-0.05, 0) is 31.5 Å². The van der Waals surface area contributed by atoms with E-state index in [0.717, 1.165) is 0 Å². The van der Waals surface area contributed by atoms with Crippen LogP contribution in [-0.4, -0.2) is 55.7 Å². The van der Waals surface area contributed by atoms with Gasteiger partial charge in [0.2, 0.25) is 0 Å². The van der Waals surface area contributed by atoms with E-state index in [-0.39, 0.29) is 39.3 Å². The smallest absolute Gasteiger partial charge is 0.265 e. The van der Waals surface area contributed by atoms with E-state index in [0.29, 0.717) is 31.9 Å². The normalized spacial score (nSPS) is 14.6. The zero-order chi connectivity index (χ0) is 22.2. The molecule has 1 saturated heterocycles. The maximum absolute atomic E-state index is 14.0. The topological polar surface area (TPSA) is 118 Å². The zero-order valence-electron chi connectivity index (χ0n) is 16.9. The highest BCUT2D eigenvalue weighted by molar-refractivity contribution is 7.92. The van der Waals surface area contributed by atoms with Crippen LogP contribution in [0.1, 0.15) is 21.7 Å². The number of H-pyrrole nitrogens is 1. The fourth-order valence-electron chi connectivity index (χ4n) is 3.35. The highest BCUT2D eigenvalue weighted by Gasteiger charge is 2.28. The summed E-state index contributed by atoms with van der Waals surface area (Å²) in [5.74, 6) is -0.723. The molecule has 1 fully saturated rings. The summed E-state index contributed by atoms with van der Waals surface area (Å²) in [4.78, 5) is 14.3. The van der Waals surface area contributed by atoms with Crippen LogP contribution in [0.25, 0.3) is 11.5 Å². The molecule has 11 heteroatoms. The lowest BCUT2D eigenvalue weighted by atomic mass is 10.2. The third kappa shape index (κ3) is 4.19. The van der Waals surface area contributed by atoms with Crippen molar-refractivity contribution in [1.29, 1.82) is 0 Å². The summed E-state index contributed by atoms with van der Waals surface area (Å²) in [6.45, 7) is 5.00. The van der Waals surface area contributed by atoms with Crippen molar-refractivity contribution in [2.45, 2.75) is 18.7 Å². The van der Waals surface area contributed by atoms with Crippen LogP contribution in [0.3, 0.4) is 0 Å². The number of nitrogens with zero attached hydrogens (tertiary/aromatic N) is 2. The van der Waals surface area contributed by atoms with Gasteiger partial charge in [0.15, 0.2) is 5.76 Å². The molecule has 0 atom stereocenters. The summed E-state index contributed by atoms with van der Waals surface area (Å²) in [6.07, 6.45) is 1.37. The number of aryl methyl sites for hydroxylation is 2. The average Bonchev–Trinajstić information content (AvgIpc) is 3.37. The SMILES string of the molecule is Cc1ccc(F)c(NS(=O)(=O)c2cc(-c3[nH]ncc3C(=O)N3CCOCC3)oc2C)c1. The van der Waals surface area contributed by atoms with E-state index in [9.17, 15) is 17.6 Å².